The SMILES string of the molecule is CN1CC[C@@H]2CC[C@@H](c3nc(-c4ccc(C(C)(O)c5cccc(C(F)(F)F)c5)cc4)c4c(N)nccn34)CN2C1=O. The van der Waals surface area contributed by atoms with Crippen LogP contribution in [0.1, 0.15) is 54.6 Å². The smallest absolute Gasteiger partial charge is 0.382 e. The van der Waals surface area contributed by atoms with E-state index in [2.05, 4.69) is 4.98 Å². The number of alkyl halides is 3. The van der Waals surface area contributed by atoms with Crippen molar-refractivity contribution >= 4 is 17.4 Å². The van der Waals surface area contributed by atoms with Crippen molar-refractivity contribution in [1.82, 2.24) is 24.2 Å². The molecule has 2 aliphatic heterocycles. The monoisotopic (exact) mass is 564 g/mol. The van der Waals surface area contributed by atoms with E-state index < -0.39 is 17.3 Å². The summed E-state index contributed by atoms with van der Waals surface area (Å²) < 4.78 is 41.8. The maximum atomic E-state index is 13.3. The number of anilines is 1. The molecule has 2 fully saturated rings. The van der Waals surface area contributed by atoms with Gasteiger partial charge in [0.1, 0.15) is 28.5 Å². The van der Waals surface area contributed by atoms with Crippen molar-refractivity contribution in [2.24, 2.45) is 0 Å². The number of benzene rings is 2. The summed E-state index contributed by atoms with van der Waals surface area (Å²) in [6, 6.07) is 11.9. The molecule has 3 N–H and O–H groups in total. The highest BCUT2D eigenvalue weighted by molar-refractivity contribution is 5.85. The van der Waals surface area contributed by atoms with Gasteiger partial charge >= 0.3 is 12.2 Å². The molecule has 11 heteroatoms. The zero-order valence-electron chi connectivity index (χ0n) is 22.8. The van der Waals surface area contributed by atoms with Crippen LogP contribution in [0.4, 0.5) is 23.8 Å². The Hall–Kier alpha value is -4.12. The number of fused-ring (bicyclic) bond motifs is 2. The quantitative estimate of drug-likeness (QED) is 0.353. The molecular formula is C30H31F3N6O2. The number of carbonyl (C=O) groups is 1. The molecule has 0 radical (unpaired) electrons. The Bertz CT molecular complexity index is 1620. The Labute approximate surface area is 235 Å². The van der Waals surface area contributed by atoms with Crippen LogP contribution < -0.4 is 5.73 Å². The van der Waals surface area contributed by atoms with Crippen LogP contribution >= 0.6 is 0 Å². The number of aromatic nitrogens is 3. The fourth-order valence-corrected chi connectivity index (χ4v) is 6.12. The van der Waals surface area contributed by atoms with E-state index in [0.717, 1.165) is 49.3 Å². The van der Waals surface area contributed by atoms with Crippen LogP contribution in [0.25, 0.3) is 16.8 Å². The molecule has 0 spiro atoms. The molecule has 0 bridgehead atoms. The van der Waals surface area contributed by atoms with Gasteiger partial charge in [-0.1, -0.05) is 36.4 Å². The van der Waals surface area contributed by atoms with Crippen LogP contribution in [-0.4, -0.2) is 61.5 Å². The number of piperidine rings is 1. The molecule has 2 aromatic carbocycles. The topological polar surface area (TPSA) is 100.0 Å². The third-order valence-corrected chi connectivity index (χ3v) is 8.52. The van der Waals surface area contributed by atoms with Gasteiger partial charge in [0.05, 0.1) is 5.56 Å². The van der Waals surface area contributed by atoms with Crippen molar-refractivity contribution in [3.8, 4) is 11.3 Å². The first-order valence-electron chi connectivity index (χ1n) is 13.6. The second kappa shape index (κ2) is 9.76. The summed E-state index contributed by atoms with van der Waals surface area (Å²) in [6.07, 6.45) is 1.67. The number of imidazole rings is 1. The molecule has 41 heavy (non-hydrogen) atoms. The highest BCUT2D eigenvalue weighted by Crippen LogP contribution is 2.39. The largest absolute Gasteiger partial charge is 0.416 e. The van der Waals surface area contributed by atoms with Crippen molar-refractivity contribution < 1.29 is 23.1 Å². The zero-order chi connectivity index (χ0) is 29.1. The standard InChI is InChI=1S/C30H31F3N6O2/c1-29(41,21-4-3-5-22(16-21)30(31,32)33)20-9-6-18(7-10-20)24-25-26(34)35-13-15-38(25)27(36-24)19-8-11-23-12-14-37(2)28(40)39(23)17-19/h3-7,9-10,13,15-16,19,23,41H,8,11-12,14,17H2,1-2H3,(H2,34,35)/t19-,23+,29?/m1/s1. The number of hydrogen-bond acceptors (Lipinski definition) is 5. The Morgan fingerprint density at radius 1 is 1.02 bits per heavy atom. The number of nitrogens with zero attached hydrogens (tertiary/aromatic N) is 5. The summed E-state index contributed by atoms with van der Waals surface area (Å²) in [4.78, 5) is 25.9. The minimum Gasteiger partial charge on any atom is -0.382 e. The van der Waals surface area contributed by atoms with Crippen molar-refractivity contribution in [3.05, 3.63) is 83.4 Å². The highest BCUT2D eigenvalue weighted by Gasteiger charge is 2.39. The van der Waals surface area contributed by atoms with Crippen LogP contribution in [0.3, 0.4) is 0 Å². The molecular weight excluding hydrogens is 533 g/mol. The van der Waals surface area contributed by atoms with E-state index in [1.165, 1.54) is 19.1 Å². The average molecular weight is 565 g/mol. The van der Waals surface area contributed by atoms with Crippen LogP contribution in [0.5, 0.6) is 0 Å². The number of aliphatic hydroxyl groups is 1. The number of nitrogen functional groups attached to an aromatic ring is 1. The number of rotatable bonds is 4. The van der Waals surface area contributed by atoms with E-state index >= 15 is 0 Å². The van der Waals surface area contributed by atoms with E-state index in [4.69, 9.17) is 10.7 Å². The van der Waals surface area contributed by atoms with Gasteiger partial charge in [-0.2, -0.15) is 13.2 Å². The van der Waals surface area contributed by atoms with Gasteiger partial charge in [-0.05, 0) is 49.4 Å². The fourth-order valence-electron chi connectivity index (χ4n) is 6.12. The van der Waals surface area contributed by atoms with E-state index in [-0.39, 0.29) is 23.6 Å². The summed E-state index contributed by atoms with van der Waals surface area (Å²) >= 11 is 0. The molecule has 4 heterocycles. The molecule has 1 unspecified atom stereocenters. The lowest BCUT2D eigenvalue weighted by molar-refractivity contribution is -0.137. The van der Waals surface area contributed by atoms with Gasteiger partial charge in [-0.25, -0.2) is 14.8 Å². The van der Waals surface area contributed by atoms with Crippen molar-refractivity contribution in [2.75, 3.05) is 25.9 Å². The molecule has 2 saturated heterocycles. The molecule has 0 aliphatic carbocycles. The van der Waals surface area contributed by atoms with E-state index in [1.54, 1.807) is 35.4 Å². The first kappa shape index (κ1) is 27.1. The lowest BCUT2D eigenvalue weighted by Gasteiger charge is -2.45. The second-order valence-corrected chi connectivity index (χ2v) is 11.2. The molecule has 2 aliphatic rings. The molecule has 2 aromatic heterocycles. The number of halogens is 3. The van der Waals surface area contributed by atoms with E-state index in [9.17, 15) is 23.1 Å². The lowest BCUT2D eigenvalue weighted by atomic mass is 9.87. The van der Waals surface area contributed by atoms with Crippen LogP contribution in [0.15, 0.2) is 60.9 Å². The van der Waals surface area contributed by atoms with Gasteiger partial charge in [0, 0.05) is 50.1 Å². The number of carbonyl (C=O) groups excluding carboxylic acids is 1. The molecule has 2 amide bonds. The van der Waals surface area contributed by atoms with Gasteiger partial charge in [0.25, 0.3) is 0 Å². The molecule has 4 aromatic rings. The van der Waals surface area contributed by atoms with Gasteiger partial charge in [0.2, 0.25) is 0 Å². The van der Waals surface area contributed by atoms with E-state index in [1.807, 2.05) is 22.5 Å². The number of hydrogen-bond donors (Lipinski definition) is 2. The summed E-state index contributed by atoms with van der Waals surface area (Å²) in [7, 11) is 1.83. The van der Waals surface area contributed by atoms with Crippen LogP contribution in [0, 0.1) is 0 Å². The summed E-state index contributed by atoms with van der Waals surface area (Å²) in [5.41, 5.74) is 6.40. The summed E-state index contributed by atoms with van der Waals surface area (Å²) in [5.74, 6) is 1.11. The molecule has 6 rings (SSSR count). The maximum Gasteiger partial charge on any atom is 0.416 e. The third-order valence-electron chi connectivity index (χ3n) is 8.52. The molecule has 0 saturated carbocycles. The first-order valence-corrected chi connectivity index (χ1v) is 13.6. The van der Waals surface area contributed by atoms with Crippen LogP contribution in [-0.2, 0) is 11.8 Å². The maximum absolute atomic E-state index is 13.3. The second-order valence-electron chi connectivity index (χ2n) is 11.2. The lowest BCUT2D eigenvalue weighted by Crippen LogP contribution is -2.56. The highest BCUT2D eigenvalue weighted by atomic mass is 19.4. The Morgan fingerprint density at radius 2 is 1.76 bits per heavy atom. The van der Waals surface area contributed by atoms with Crippen molar-refractivity contribution in [2.45, 2.75) is 49.9 Å². The third kappa shape index (κ3) is 4.67. The van der Waals surface area contributed by atoms with Gasteiger partial charge < -0.3 is 20.6 Å². The van der Waals surface area contributed by atoms with Gasteiger partial charge in [-0.3, -0.25) is 4.40 Å². The number of urea groups is 1. The Morgan fingerprint density at radius 3 is 2.49 bits per heavy atom. The summed E-state index contributed by atoms with van der Waals surface area (Å²) in [6.45, 7) is 2.80. The first-order chi connectivity index (χ1) is 19.4. The van der Waals surface area contributed by atoms with Gasteiger partial charge in [0.15, 0.2) is 0 Å². The van der Waals surface area contributed by atoms with Crippen molar-refractivity contribution in [1.29, 1.82) is 0 Å². The summed E-state index contributed by atoms with van der Waals surface area (Å²) in [5, 5.41) is 11.3. The fraction of sp³-hybridized carbons (Fsp3) is 0.367. The van der Waals surface area contributed by atoms with Crippen molar-refractivity contribution in [3.63, 3.8) is 0 Å². The minimum atomic E-state index is -4.51. The zero-order valence-corrected chi connectivity index (χ0v) is 22.8. The van der Waals surface area contributed by atoms with E-state index in [0.29, 0.717) is 29.1 Å². The Kier molecular flexibility index (Phi) is 6.44. The molecule has 214 valence electrons. The van der Waals surface area contributed by atoms with Crippen LogP contribution in [0.2, 0.25) is 0 Å². The predicted molar refractivity (Wildman–Crippen MR) is 148 cm³/mol. The number of nitrogens with two attached hydrogens (primary N) is 1. The normalized spacial score (nSPS) is 21.2. The molecule has 3 atom stereocenters. The predicted octanol–water partition coefficient (Wildman–Crippen LogP) is 5.26. The molecule has 8 nitrogen and oxygen atoms in total. The Balaban J connectivity index is 1.35. The number of amides is 2. The average Bonchev–Trinajstić information content (AvgIpc) is 3.36. The van der Waals surface area contributed by atoms with Gasteiger partial charge in [-0.15, -0.1) is 0 Å². The minimum absolute atomic E-state index is 0.00525.